The lowest BCUT2D eigenvalue weighted by Gasteiger charge is -2.36. The van der Waals surface area contributed by atoms with Crippen LogP contribution >= 0.6 is 15.9 Å². The minimum absolute atomic E-state index is 0.197. The van der Waals surface area contributed by atoms with E-state index in [1.165, 1.54) is 6.07 Å². The van der Waals surface area contributed by atoms with E-state index in [9.17, 15) is 4.39 Å². The van der Waals surface area contributed by atoms with Gasteiger partial charge in [0.25, 0.3) is 0 Å². The normalized spacial score (nSPS) is 27.0. The summed E-state index contributed by atoms with van der Waals surface area (Å²) in [6.45, 7) is 0.972. The molecule has 0 saturated carbocycles. The van der Waals surface area contributed by atoms with E-state index in [0.717, 1.165) is 29.4 Å². The molecule has 16 heavy (non-hydrogen) atoms. The molecule has 1 fully saturated rings. The van der Waals surface area contributed by atoms with Crippen molar-refractivity contribution < 1.29 is 4.39 Å². The maximum absolute atomic E-state index is 13.3. The number of piperidine rings is 1. The molecule has 1 heterocycles. The van der Waals surface area contributed by atoms with Gasteiger partial charge in [0, 0.05) is 16.6 Å². The predicted molar refractivity (Wildman–Crippen MR) is 66.7 cm³/mol. The Morgan fingerprint density at radius 2 is 2.19 bits per heavy atom. The molecular weight excluding hydrogens is 271 g/mol. The second-order valence-corrected chi connectivity index (χ2v) is 5.40. The minimum Gasteiger partial charge on any atom is -0.328 e. The summed E-state index contributed by atoms with van der Waals surface area (Å²) in [6.07, 6.45) is 1.91. The van der Waals surface area contributed by atoms with Gasteiger partial charge in [-0.25, -0.2) is 4.39 Å². The van der Waals surface area contributed by atoms with Crippen LogP contribution in [-0.2, 0) is 0 Å². The Morgan fingerprint density at radius 3 is 2.88 bits per heavy atom. The molecule has 1 saturated heterocycles. The van der Waals surface area contributed by atoms with Gasteiger partial charge in [0.15, 0.2) is 0 Å². The quantitative estimate of drug-likeness (QED) is 0.860. The van der Waals surface area contributed by atoms with Crippen LogP contribution in [0.15, 0.2) is 22.7 Å². The highest BCUT2D eigenvalue weighted by Crippen LogP contribution is 2.31. The van der Waals surface area contributed by atoms with Crippen molar-refractivity contribution in [3.05, 3.63) is 34.1 Å². The molecule has 1 aliphatic rings. The number of benzene rings is 1. The van der Waals surface area contributed by atoms with E-state index in [1.54, 1.807) is 6.07 Å². The number of hydrogen-bond acceptors (Lipinski definition) is 2. The fraction of sp³-hybridized carbons (Fsp3) is 0.500. The fourth-order valence-electron chi connectivity index (χ4n) is 2.27. The molecule has 2 atom stereocenters. The Labute approximate surface area is 104 Å². The Kier molecular flexibility index (Phi) is 3.62. The monoisotopic (exact) mass is 286 g/mol. The molecular formula is C12H16BrFN2. The van der Waals surface area contributed by atoms with Gasteiger partial charge in [0.1, 0.15) is 5.82 Å². The van der Waals surface area contributed by atoms with Gasteiger partial charge in [0.05, 0.1) is 0 Å². The van der Waals surface area contributed by atoms with Gasteiger partial charge in [-0.15, -0.1) is 0 Å². The first-order valence-electron chi connectivity index (χ1n) is 5.48. The standard InChI is InChI=1S/C12H16BrFN2/c1-16-3-2-11(15)7-12(16)8-4-9(13)6-10(14)5-8/h4-6,11-12H,2-3,7,15H2,1H3. The summed E-state index contributed by atoms with van der Waals surface area (Å²) in [5, 5.41) is 0. The van der Waals surface area contributed by atoms with E-state index in [0.29, 0.717) is 0 Å². The second-order valence-electron chi connectivity index (χ2n) is 4.48. The molecule has 0 amide bonds. The Bertz CT molecular complexity index is 363. The molecule has 0 aliphatic carbocycles. The third-order valence-corrected chi connectivity index (χ3v) is 3.64. The minimum atomic E-state index is -0.197. The number of nitrogens with two attached hydrogens (primary N) is 1. The third-order valence-electron chi connectivity index (χ3n) is 3.18. The Morgan fingerprint density at radius 1 is 1.44 bits per heavy atom. The van der Waals surface area contributed by atoms with Gasteiger partial charge in [-0.2, -0.15) is 0 Å². The van der Waals surface area contributed by atoms with Gasteiger partial charge in [0.2, 0.25) is 0 Å². The molecule has 1 aliphatic heterocycles. The fourth-order valence-corrected chi connectivity index (χ4v) is 2.75. The maximum Gasteiger partial charge on any atom is 0.124 e. The second kappa shape index (κ2) is 4.82. The summed E-state index contributed by atoms with van der Waals surface area (Å²) < 4.78 is 14.1. The van der Waals surface area contributed by atoms with Crippen LogP contribution < -0.4 is 5.73 Å². The number of likely N-dealkylation sites (tertiary alicyclic amines) is 1. The Hall–Kier alpha value is -0.450. The maximum atomic E-state index is 13.3. The van der Waals surface area contributed by atoms with Crippen molar-refractivity contribution in [1.82, 2.24) is 4.90 Å². The van der Waals surface area contributed by atoms with Crippen LogP contribution in [0.25, 0.3) is 0 Å². The first kappa shape index (κ1) is 12.0. The topological polar surface area (TPSA) is 29.3 Å². The van der Waals surface area contributed by atoms with Gasteiger partial charge >= 0.3 is 0 Å². The smallest absolute Gasteiger partial charge is 0.124 e. The number of nitrogens with zero attached hydrogens (tertiary/aromatic N) is 1. The van der Waals surface area contributed by atoms with Gasteiger partial charge < -0.3 is 5.73 Å². The van der Waals surface area contributed by atoms with Crippen molar-refractivity contribution in [3.8, 4) is 0 Å². The molecule has 1 aromatic carbocycles. The first-order valence-corrected chi connectivity index (χ1v) is 6.27. The van der Waals surface area contributed by atoms with Crippen LogP contribution in [0.3, 0.4) is 0 Å². The zero-order valence-corrected chi connectivity index (χ0v) is 10.9. The summed E-state index contributed by atoms with van der Waals surface area (Å²) in [7, 11) is 2.06. The highest BCUT2D eigenvalue weighted by atomic mass is 79.9. The Balaban J connectivity index is 2.27. The molecule has 4 heteroatoms. The highest BCUT2D eigenvalue weighted by Gasteiger charge is 2.25. The summed E-state index contributed by atoms with van der Waals surface area (Å²) in [4.78, 5) is 2.24. The molecule has 2 N–H and O–H groups in total. The SMILES string of the molecule is CN1CCC(N)CC1c1cc(F)cc(Br)c1. The molecule has 0 bridgehead atoms. The lowest BCUT2D eigenvalue weighted by Crippen LogP contribution is -2.39. The molecule has 88 valence electrons. The van der Waals surface area contributed by atoms with Crippen LogP contribution in [0.2, 0.25) is 0 Å². The largest absolute Gasteiger partial charge is 0.328 e. The number of hydrogen-bond donors (Lipinski definition) is 1. The van der Waals surface area contributed by atoms with E-state index in [1.807, 2.05) is 6.07 Å². The first-order chi connectivity index (χ1) is 7.56. The highest BCUT2D eigenvalue weighted by molar-refractivity contribution is 9.10. The predicted octanol–water partition coefficient (Wildman–Crippen LogP) is 2.68. The molecule has 0 aromatic heterocycles. The number of halogens is 2. The van der Waals surface area contributed by atoms with E-state index in [4.69, 9.17) is 5.73 Å². The average Bonchev–Trinajstić information content (AvgIpc) is 2.20. The zero-order chi connectivity index (χ0) is 11.7. The summed E-state index contributed by atoms with van der Waals surface area (Å²) in [5.74, 6) is -0.197. The van der Waals surface area contributed by atoms with E-state index in [2.05, 4.69) is 27.9 Å². The van der Waals surface area contributed by atoms with Crippen molar-refractivity contribution in [1.29, 1.82) is 0 Å². The van der Waals surface area contributed by atoms with Gasteiger partial charge in [-0.05, 0) is 50.2 Å². The molecule has 2 nitrogen and oxygen atoms in total. The van der Waals surface area contributed by atoms with Crippen molar-refractivity contribution in [2.75, 3.05) is 13.6 Å². The van der Waals surface area contributed by atoms with E-state index >= 15 is 0 Å². The van der Waals surface area contributed by atoms with Gasteiger partial charge in [-0.1, -0.05) is 15.9 Å². The van der Waals surface area contributed by atoms with Crippen LogP contribution in [0.5, 0.6) is 0 Å². The summed E-state index contributed by atoms with van der Waals surface area (Å²) >= 11 is 3.32. The van der Waals surface area contributed by atoms with Crippen LogP contribution in [0, 0.1) is 5.82 Å². The molecule has 2 unspecified atom stereocenters. The van der Waals surface area contributed by atoms with Gasteiger partial charge in [-0.3, -0.25) is 4.90 Å². The summed E-state index contributed by atoms with van der Waals surface area (Å²) in [5.41, 5.74) is 6.97. The average molecular weight is 287 g/mol. The summed E-state index contributed by atoms with van der Waals surface area (Å²) in [6, 6.07) is 5.51. The van der Waals surface area contributed by atoms with Crippen LogP contribution in [0.4, 0.5) is 4.39 Å². The molecule has 0 radical (unpaired) electrons. The lowest BCUT2D eigenvalue weighted by molar-refractivity contribution is 0.171. The molecule has 0 spiro atoms. The van der Waals surface area contributed by atoms with Crippen molar-refractivity contribution in [3.63, 3.8) is 0 Å². The number of rotatable bonds is 1. The van der Waals surface area contributed by atoms with Crippen LogP contribution in [-0.4, -0.2) is 24.5 Å². The lowest BCUT2D eigenvalue weighted by atomic mass is 9.93. The van der Waals surface area contributed by atoms with E-state index in [-0.39, 0.29) is 17.9 Å². The van der Waals surface area contributed by atoms with Crippen molar-refractivity contribution in [2.45, 2.75) is 24.9 Å². The molecule has 1 aromatic rings. The van der Waals surface area contributed by atoms with Crippen LogP contribution in [0.1, 0.15) is 24.4 Å². The van der Waals surface area contributed by atoms with Crippen molar-refractivity contribution in [2.24, 2.45) is 5.73 Å². The van der Waals surface area contributed by atoms with E-state index < -0.39 is 0 Å². The molecule has 2 rings (SSSR count). The third kappa shape index (κ3) is 2.62. The zero-order valence-electron chi connectivity index (χ0n) is 9.29. The van der Waals surface area contributed by atoms with Crippen molar-refractivity contribution >= 4 is 15.9 Å².